The molecule has 0 radical (unpaired) electrons. The number of aliphatic hydroxyl groups excluding tert-OH is 2. The lowest BCUT2D eigenvalue weighted by molar-refractivity contribution is -0.141. The quantitative estimate of drug-likeness (QED) is 0.738. The summed E-state index contributed by atoms with van der Waals surface area (Å²) in [6.45, 7) is 10.6. The number of ketones is 1. The van der Waals surface area contributed by atoms with E-state index in [4.69, 9.17) is 4.43 Å². The molecule has 0 spiro atoms. The fourth-order valence-electron chi connectivity index (χ4n) is 1.72. The van der Waals surface area contributed by atoms with Crippen molar-refractivity contribution in [2.24, 2.45) is 0 Å². The highest BCUT2D eigenvalue weighted by Crippen LogP contribution is 2.38. The number of hydrogen-bond donors (Lipinski definition) is 2. The molecule has 1 rings (SSSR count). The van der Waals surface area contributed by atoms with Crippen LogP contribution in [0.5, 0.6) is 0 Å². The van der Waals surface area contributed by atoms with Gasteiger partial charge in [0.2, 0.25) is 0 Å². The largest absolute Gasteiger partial charge is 0.413 e. The van der Waals surface area contributed by atoms with Crippen LogP contribution in [0.2, 0.25) is 18.1 Å². The van der Waals surface area contributed by atoms with Crippen LogP contribution in [0.15, 0.2) is 0 Å². The molecule has 0 unspecified atom stereocenters. The Morgan fingerprint density at radius 1 is 1.29 bits per heavy atom. The highest BCUT2D eigenvalue weighted by molar-refractivity contribution is 6.74. The molecule has 0 bridgehead atoms. The fraction of sp³-hybridized carbons (Fsp3) is 0.917. The summed E-state index contributed by atoms with van der Waals surface area (Å²) in [7, 11) is -1.92. The van der Waals surface area contributed by atoms with Crippen LogP contribution in [0.4, 0.5) is 0 Å². The van der Waals surface area contributed by atoms with Gasteiger partial charge < -0.3 is 14.6 Å². The van der Waals surface area contributed by atoms with E-state index in [0.29, 0.717) is 6.42 Å². The van der Waals surface area contributed by atoms with E-state index in [2.05, 4.69) is 33.9 Å². The van der Waals surface area contributed by atoms with E-state index in [0.717, 1.165) is 0 Å². The Hall–Kier alpha value is -0.233. The van der Waals surface area contributed by atoms with Gasteiger partial charge in [0.1, 0.15) is 6.10 Å². The Labute approximate surface area is 104 Å². The number of hydrogen-bond acceptors (Lipinski definition) is 4. The zero-order chi connectivity index (χ0) is 13.4. The van der Waals surface area contributed by atoms with Gasteiger partial charge in [-0.25, -0.2) is 0 Å². The Morgan fingerprint density at radius 3 is 2.24 bits per heavy atom. The molecule has 3 atom stereocenters. The Bertz CT molecular complexity index is 295. The average Bonchev–Trinajstić information content (AvgIpc) is 2.11. The van der Waals surface area contributed by atoms with Crippen molar-refractivity contribution in [1.29, 1.82) is 0 Å². The van der Waals surface area contributed by atoms with E-state index in [1.807, 2.05) is 0 Å². The van der Waals surface area contributed by atoms with Crippen molar-refractivity contribution in [2.75, 3.05) is 0 Å². The van der Waals surface area contributed by atoms with Gasteiger partial charge in [-0.1, -0.05) is 20.8 Å². The van der Waals surface area contributed by atoms with Crippen molar-refractivity contribution in [3.63, 3.8) is 0 Å². The van der Waals surface area contributed by atoms with Gasteiger partial charge in [0, 0.05) is 12.8 Å². The predicted molar refractivity (Wildman–Crippen MR) is 68.3 cm³/mol. The molecule has 0 aromatic rings. The summed E-state index contributed by atoms with van der Waals surface area (Å²) in [4.78, 5) is 11.5. The zero-order valence-electron chi connectivity index (χ0n) is 11.4. The number of carbonyl (C=O) groups excluding carboxylic acids is 1. The first kappa shape index (κ1) is 14.8. The van der Waals surface area contributed by atoms with E-state index >= 15 is 0 Å². The van der Waals surface area contributed by atoms with Gasteiger partial charge in [0.05, 0.1) is 12.2 Å². The van der Waals surface area contributed by atoms with Crippen molar-refractivity contribution in [1.82, 2.24) is 0 Å². The van der Waals surface area contributed by atoms with Crippen LogP contribution < -0.4 is 0 Å². The molecule has 0 aliphatic heterocycles. The molecular weight excluding hydrogens is 236 g/mol. The summed E-state index contributed by atoms with van der Waals surface area (Å²) in [5, 5.41) is 19.0. The van der Waals surface area contributed by atoms with E-state index in [-0.39, 0.29) is 23.3 Å². The van der Waals surface area contributed by atoms with Crippen molar-refractivity contribution in [3.05, 3.63) is 0 Å². The molecule has 0 heterocycles. The topological polar surface area (TPSA) is 66.8 Å². The molecule has 1 aliphatic rings. The summed E-state index contributed by atoms with van der Waals surface area (Å²) >= 11 is 0. The molecule has 4 nitrogen and oxygen atoms in total. The van der Waals surface area contributed by atoms with Gasteiger partial charge in [0.25, 0.3) is 0 Å². The maximum Gasteiger partial charge on any atom is 0.192 e. The van der Waals surface area contributed by atoms with E-state index in [9.17, 15) is 15.0 Å². The molecule has 2 N–H and O–H groups in total. The maximum atomic E-state index is 11.5. The second-order valence-corrected chi connectivity index (χ2v) is 11.2. The molecule has 17 heavy (non-hydrogen) atoms. The molecular formula is C12H24O4Si. The van der Waals surface area contributed by atoms with E-state index in [1.54, 1.807) is 0 Å². The monoisotopic (exact) mass is 260 g/mol. The van der Waals surface area contributed by atoms with Gasteiger partial charge in [-0.3, -0.25) is 4.79 Å². The van der Waals surface area contributed by atoms with Crippen LogP contribution in [-0.4, -0.2) is 42.6 Å². The van der Waals surface area contributed by atoms with Crippen molar-refractivity contribution in [3.8, 4) is 0 Å². The Morgan fingerprint density at radius 2 is 1.82 bits per heavy atom. The standard InChI is InChI=1S/C12H24O4Si/c1-12(2,3)17(4,5)16-8-6-9(13)11(15)10(14)7-8/h8-9,11,13,15H,6-7H2,1-5H3/t8-,9-,11-/m0/s1. The number of aliphatic hydroxyl groups is 2. The van der Waals surface area contributed by atoms with Gasteiger partial charge in [0.15, 0.2) is 14.1 Å². The summed E-state index contributed by atoms with van der Waals surface area (Å²) in [5.41, 5.74) is 0. The molecule has 0 aromatic carbocycles. The van der Waals surface area contributed by atoms with Gasteiger partial charge in [-0.2, -0.15) is 0 Å². The fourth-order valence-corrected chi connectivity index (χ4v) is 3.09. The third kappa shape index (κ3) is 3.37. The lowest BCUT2D eigenvalue weighted by Crippen LogP contribution is -2.50. The van der Waals surface area contributed by atoms with Gasteiger partial charge >= 0.3 is 0 Å². The lowest BCUT2D eigenvalue weighted by Gasteiger charge is -2.41. The second-order valence-electron chi connectivity index (χ2n) is 6.42. The molecule has 1 saturated carbocycles. The van der Waals surface area contributed by atoms with Crippen LogP contribution >= 0.6 is 0 Å². The number of carbonyl (C=O) groups is 1. The Kier molecular flexibility index (Phi) is 4.19. The first-order chi connectivity index (χ1) is 7.54. The van der Waals surface area contributed by atoms with E-state index < -0.39 is 20.5 Å². The van der Waals surface area contributed by atoms with Gasteiger partial charge in [-0.15, -0.1) is 0 Å². The number of Topliss-reactive ketones (excluding diaryl/α,β-unsaturated/α-hetero) is 1. The second kappa shape index (κ2) is 4.80. The van der Waals surface area contributed by atoms with Crippen molar-refractivity contribution < 1.29 is 19.4 Å². The zero-order valence-corrected chi connectivity index (χ0v) is 12.4. The first-order valence-electron chi connectivity index (χ1n) is 6.11. The third-order valence-corrected chi connectivity index (χ3v) is 8.43. The molecule has 5 heteroatoms. The van der Waals surface area contributed by atoms with Crippen LogP contribution in [-0.2, 0) is 9.22 Å². The van der Waals surface area contributed by atoms with E-state index in [1.165, 1.54) is 0 Å². The highest BCUT2D eigenvalue weighted by atomic mass is 28.4. The summed E-state index contributed by atoms with van der Waals surface area (Å²) in [6.07, 6.45) is -1.90. The van der Waals surface area contributed by atoms with Crippen molar-refractivity contribution >= 4 is 14.1 Å². The van der Waals surface area contributed by atoms with Crippen LogP contribution in [0, 0.1) is 0 Å². The minimum Gasteiger partial charge on any atom is -0.413 e. The molecule has 100 valence electrons. The van der Waals surface area contributed by atoms with Gasteiger partial charge in [-0.05, 0) is 18.1 Å². The minimum atomic E-state index is -1.92. The molecule has 0 aromatic heterocycles. The predicted octanol–water partition coefficient (Wildman–Crippen LogP) is 1.46. The third-order valence-electron chi connectivity index (χ3n) is 3.90. The highest BCUT2D eigenvalue weighted by Gasteiger charge is 2.42. The lowest BCUT2D eigenvalue weighted by atomic mass is 9.91. The summed E-state index contributed by atoms with van der Waals surface area (Å²) < 4.78 is 6.08. The Balaban J connectivity index is 2.68. The average molecular weight is 260 g/mol. The molecule has 0 saturated heterocycles. The maximum absolute atomic E-state index is 11.5. The van der Waals surface area contributed by atoms with Crippen LogP contribution in [0.1, 0.15) is 33.6 Å². The minimum absolute atomic E-state index is 0.0804. The number of rotatable bonds is 2. The SMILES string of the molecule is CC(C)(C)[Si](C)(C)O[C@@H]1CC(=O)[C@@H](O)[C@@H](O)C1. The summed E-state index contributed by atoms with van der Waals surface area (Å²) in [6, 6.07) is 0. The smallest absolute Gasteiger partial charge is 0.192 e. The van der Waals surface area contributed by atoms with Crippen molar-refractivity contribution in [2.45, 2.75) is 70.1 Å². The summed E-state index contributed by atoms with van der Waals surface area (Å²) in [5.74, 6) is -0.313. The normalized spacial score (nSPS) is 31.7. The molecule has 1 aliphatic carbocycles. The molecule has 1 fully saturated rings. The first-order valence-corrected chi connectivity index (χ1v) is 9.02. The van der Waals surface area contributed by atoms with Crippen LogP contribution in [0.25, 0.3) is 0 Å². The molecule has 0 amide bonds. The van der Waals surface area contributed by atoms with Crippen LogP contribution in [0.3, 0.4) is 0 Å².